The Labute approximate surface area is 174 Å². The standard InChI is InChI=1S/C23H19FN2O3S/c1-15-7-8-18(14-20(15)24)23-22(17-9-11-19(12-10-17)30(25,27)28)26-21(29-23)13-16-5-3-2-4-6-16/h2-12,14H,13H2,1H3,(H2,25,27,28). The molecular weight excluding hydrogens is 403 g/mol. The van der Waals surface area contributed by atoms with E-state index in [9.17, 15) is 12.8 Å². The van der Waals surface area contributed by atoms with Crippen molar-refractivity contribution in [1.82, 2.24) is 4.98 Å². The molecule has 0 amide bonds. The van der Waals surface area contributed by atoms with Gasteiger partial charge in [-0.1, -0.05) is 54.6 Å². The summed E-state index contributed by atoms with van der Waals surface area (Å²) in [6.07, 6.45) is 0.470. The topological polar surface area (TPSA) is 86.2 Å². The number of benzene rings is 3. The van der Waals surface area contributed by atoms with Crippen LogP contribution in [0.1, 0.15) is 17.0 Å². The number of sulfonamides is 1. The van der Waals surface area contributed by atoms with Crippen molar-refractivity contribution in [2.24, 2.45) is 5.14 Å². The molecular formula is C23H19FN2O3S. The highest BCUT2D eigenvalue weighted by molar-refractivity contribution is 7.89. The summed E-state index contributed by atoms with van der Waals surface area (Å²) in [7, 11) is -3.80. The van der Waals surface area contributed by atoms with E-state index in [1.807, 2.05) is 30.3 Å². The van der Waals surface area contributed by atoms with Gasteiger partial charge in [0.25, 0.3) is 0 Å². The van der Waals surface area contributed by atoms with Crippen LogP contribution in [0.25, 0.3) is 22.6 Å². The number of hydrogen-bond donors (Lipinski definition) is 1. The zero-order valence-corrected chi connectivity index (χ0v) is 17.0. The van der Waals surface area contributed by atoms with E-state index in [0.29, 0.717) is 40.5 Å². The Bertz CT molecular complexity index is 1300. The molecule has 30 heavy (non-hydrogen) atoms. The summed E-state index contributed by atoms with van der Waals surface area (Å²) in [5.74, 6) is 0.551. The molecule has 0 fully saturated rings. The lowest BCUT2D eigenvalue weighted by Gasteiger charge is -2.04. The molecule has 152 valence electrons. The fourth-order valence-electron chi connectivity index (χ4n) is 3.14. The first-order chi connectivity index (χ1) is 14.3. The van der Waals surface area contributed by atoms with Gasteiger partial charge < -0.3 is 4.42 Å². The van der Waals surface area contributed by atoms with Gasteiger partial charge in [0.2, 0.25) is 10.0 Å². The molecule has 1 heterocycles. The average Bonchev–Trinajstić information content (AvgIpc) is 3.14. The third-order valence-electron chi connectivity index (χ3n) is 4.76. The molecule has 0 aliphatic carbocycles. The van der Waals surface area contributed by atoms with E-state index >= 15 is 0 Å². The van der Waals surface area contributed by atoms with Gasteiger partial charge in [0, 0.05) is 17.5 Å². The SMILES string of the molecule is Cc1ccc(-c2oc(Cc3ccccc3)nc2-c2ccc(S(N)(=O)=O)cc2)cc1F. The van der Waals surface area contributed by atoms with E-state index in [1.54, 1.807) is 31.2 Å². The lowest BCUT2D eigenvalue weighted by molar-refractivity contribution is 0.518. The molecule has 0 spiro atoms. The number of nitrogens with two attached hydrogens (primary N) is 1. The number of aryl methyl sites for hydroxylation is 1. The molecule has 2 N–H and O–H groups in total. The second-order valence-electron chi connectivity index (χ2n) is 6.98. The summed E-state index contributed by atoms with van der Waals surface area (Å²) < 4.78 is 43.3. The van der Waals surface area contributed by atoms with E-state index in [1.165, 1.54) is 18.2 Å². The second-order valence-corrected chi connectivity index (χ2v) is 8.54. The number of oxazole rings is 1. The molecule has 3 aromatic carbocycles. The first-order valence-corrected chi connectivity index (χ1v) is 10.8. The van der Waals surface area contributed by atoms with Crippen LogP contribution in [0.3, 0.4) is 0 Å². The summed E-state index contributed by atoms with van der Waals surface area (Å²) >= 11 is 0. The minimum atomic E-state index is -3.80. The van der Waals surface area contributed by atoms with Crippen LogP contribution in [0.4, 0.5) is 4.39 Å². The van der Waals surface area contributed by atoms with Crippen molar-refractivity contribution < 1.29 is 17.2 Å². The molecule has 0 saturated heterocycles. The number of hydrogen-bond acceptors (Lipinski definition) is 4. The van der Waals surface area contributed by atoms with Crippen molar-refractivity contribution in [2.75, 3.05) is 0 Å². The quantitative estimate of drug-likeness (QED) is 0.505. The van der Waals surface area contributed by atoms with E-state index in [2.05, 4.69) is 4.98 Å². The predicted octanol–water partition coefficient (Wildman–Crippen LogP) is 4.69. The minimum Gasteiger partial charge on any atom is -0.440 e. The summed E-state index contributed by atoms with van der Waals surface area (Å²) in [5, 5.41) is 5.18. The van der Waals surface area contributed by atoms with Crippen molar-refractivity contribution in [3.05, 3.63) is 95.6 Å². The first-order valence-electron chi connectivity index (χ1n) is 9.24. The van der Waals surface area contributed by atoms with Gasteiger partial charge in [-0.2, -0.15) is 0 Å². The van der Waals surface area contributed by atoms with Crippen molar-refractivity contribution in [3.63, 3.8) is 0 Å². The molecule has 0 unspecified atom stereocenters. The molecule has 0 radical (unpaired) electrons. The minimum absolute atomic E-state index is 0.00202. The number of aromatic nitrogens is 1. The lowest BCUT2D eigenvalue weighted by Crippen LogP contribution is -2.11. The lowest BCUT2D eigenvalue weighted by atomic mass is 10.0. The molecule has 0 aliphatic rings. The number of nitrogens with zero attached hydrogens (tertiary/aromatic N) is 1. The molecule has 5 nitrogen and oxygen atoms in total. The van der Waals surface area contributed by atoms with Crippen LogP contribution in [0.15, 0.2) is 82.1 Å². The van der Waals surface area contributed by atoms with Gasteiger partial charge in [-0.15, -0.1) is 0 Å². The van der Waals surface area contributed by atoms with Gasteiger partial charge in [0.05, 0.1) is 4.90 Å². The van der Waals surface area contributed by atoms with E-state index in [-0.39, 0.29) is 10.7 Å². The van der Waals surface area contributed by atoms with Gasteiger partial charge in [-0.3, -0.25) is 0 Å². The highest BCUT2D eigenvalue weighted by Crippen LogP contribution is 2.34. The first kappa shape index (κ1) is 20.0. The van der Waals surface area contributed by atoms with Crippen molar-refractivity contribution in [2.45, 2.75) is 18.2 Å². The van der Waals surface area contributed by atoms with Crippen LogP contribution in [-0.4, -0.2) is 13.4 Å². The van der Waals surface area contributed by atoms with Gasteiger partial charge in [-0.05, 0) is 36.2 Å². The van der Waals surface area contributed by atoms with Crippen LogP contribution in [0, 0.1) is 12.7 Å². The molecule has 0 bridgehead atoms. The third kappa shape index (κ3) is 4.17. The Kier molecular flexibility index (Phi) is 5.24. The molecule has 0 aliphatic heterocycles. The van der Waals surface area contributed by atoms with Crippen LogP contribution >= 0.6 is 0 Å². The molecule has 7 heteroatoms. The molecule has 1 aromatic heterocycles. The van der Waals surface area contributed by atoms with Gasteiger partial charge in [-0.25, -0.2) is 22.9 Å². The summed E-state index contributed by atoms with van der Waals surface area (Å²) in [6, 6.07) is 20.6. The van der Waals surface area contributed by atoms with Crippen molar-refractivity contribution in [3.8, 4) is 22.6 Å². The maximum Gasteiger partial charge on any atom is 0.238 e. The summed E-state index contributed by atoms with van der Waals surface area (Å²) in [4.78, 5) is 4.63. The molecule has 0 saturated carbocycles. The maximum atomic E-state index is 14.2. The smallest absolute Gasteiger partial charge is 0.238 e. The Morgan fingerprint density at radius 1 is 0.967 bits per heavy atom. The fraction of sp³-hybridized carbons (Fsp3) is 0.0870. The monoisotopic (exact) mass is 422 g/mol. The molecule has 0 atom stereocenters. The van der Waals surface area contributed by atoms with E-state index < -0.39 is 10.0 Å². The largest absolute Gasteiger partial charge is 0.440 e. The van der Waals surface area contributed by atoms with Crippen molar-refractivity contribution >= 4 is 10.0 Å². The van der Waals surface area contributed by atoms with Gasteiger partial charge in [0.1, 0.15) is 11.5 Å². The number of rotatable bonds is 5. The molecule has 4 rings (SSSR count). The Morgan fingerprint density at radius 2 is 1.63 bits per heavy atom. The Morgan fingerprint density at radius 3 is 2.27 bits per heavy atom. The number of halogens is 1. The Balaban J connectivity index is 1.81. The summed E-state index contributed by atoms with van der Waals surface area (Å²) in [6.45, 7) is 1.69. The van der Waals surface area contributed by atoms with Crippen LogP contribution in [-0.2, 0) is 16.4 Å². The second kappa shape index (κ2) is 7.85. The highest BCUT2D eigenvalue weighted by Gasteiger charge is 2.19. The normalized spacial score (nSPS) is 11.6. The van der Waals surface area contributed by atoms with E-state index in [0.717, 1.165) is 5.56 Å². The van der Waals surface area contributed by atoms with Crippen LogP contribution in [0.2, 0.25) is 0 Å². The van der Waals surface area contributed by atoms with E-state index in [4.69, 9.17) is 9.56 Å². The third-order valence-corrected chi connectivity index (χ3v) is 5.69. The van der Waals surface area contributed by atoms with Crippen molar-refractivity contribution in [1.29, 1.82) is 0 Å². The highest BCUT2D eigenvalue weighted by atomic mass is 32.2. The maximum absolute atomic E-state index is 14.2. The average molecular weight is 422 g/mol. The molecule has 4 aromatic rings. The Hall–Kier alpha value is -3.29. The van der Waals surface area contributed by atoms with Crippen LogP contribution in [0.5, 0.6) is 0 Å². The zero-order chi connectivity index (χ0) is 21.3. The van der Waals surface area contributed by atoms with Gasteiger partial charge in [0.15, 0.2) is 11.7 Å². The zero-order valence-electron chi connectivity index (χ0n) is 16.2. The van der Waals surface area contributed by atoms with Gasteiger partial charge >= 0.3 is 0 Å². The van der Waals surface area contributed by atoms with Crippen LogP contribution < -0.4 is 5.14 Å². The predicted molar refractivity (Wildman–Crippen MR) is 113 cm³/mol. The summed E-state index contributed by atoms with van der Waals surface area (Å²) in [5.41, 5.74) is 3.25. The number of primary sulfonamides is 1. The fourth-order valence-corrected chi connectivity index (χ4v) is 3.65.